The van der Waals surface area contributed by atoms with E-state index >= 15 is 0 Å². The lowest BCUT2D eigenvalue weighted by Gasteiger charge is -2.25. The Hall–Kier alpha value is -0.280. The highest BCUT2D eigenvalue weighted by molar-refractivity contribution is 4.39. The zero-order valence-corrected chi connectivity index (χ0v) is 9.13. The molecule has 0 radical (unpaired) electrons. The van der Waals surface area contributed by atoms with E-state index in [2.05, 4.69) is 5.32 Å². The van der Waals surface area contributed by atoms with Gasteiger partial charge in [-0.15, -0.1) is 0 Å². The summed E-state index contributed by atoms with van der Waals surface area (Å²) in [6, 6.07) is 0. The molecule has 6 N–H and O–H groups in total. The number of hydrogen-bond donors (Lipinski definition) is 6. The van der Waals surface area contributed by atoms with Crippen molar-refractivity contribution in [3.05, 3.63) is 0 Å². The van der Waals surface area contributed by atoms with Crippen molar-refractivity contribution < 1.29 is 30.0 Å². The maximum absolute atomic E-state index is 8.44. The zero-order valence-electron chi connectivity index (χ0n) is 9.13. The van der Waals surface area contributed by atoms with Gasteiger partial charge >= 0.3 is 0 Å². The molecule has 0 bridgehead atoms. The van der Waals surface area contributed by atoms with Gasteiger partial charge in [0.1, 0.15) is 0 Å². The first-order valence-electron chi connectivity index (χ1n) is 4.68. The fourth-order valence-electron chi connectivity index (χ4n) is 0.417. The minimum atomic E-state index is -0.243. The number of aliphatic hydroxyl groups is 5. The molecule has 0 saturated carbocycles. The minimum absolute atomic E-state index is 0.125. The highest BCUT2D eigenvalue weighted by atomic mass is 16.3. The number of nitrogens with zero attached hydrogens (tertiary/aromatic N) is 1. The van der Waals surface area contributed by atoms with Crippen molar-refractivity contribution in [2.45, 2.75) is 0 Å². The van der Waals surface area contributed by atoms with Gasteiger partial charge in [-0.05, 0) is 0 Å². The maximum Gasteiger partial charge on any atom is 0.183 e. The molecule has 7 heteroatoms. The SMILES string of the molecule is C[N+](CO)(CO)CO.OCCNCCO. The highest BCUT2D eigenvalue weighted by Gasteiger charge is 2.15. The van der Waals surface area contributed by atoms with E-state index in [4.69, 9.17) is 25.5 Å². The van der Waals surface area contributed by atoms with Gasteiger partial charge in [0.25, 0.3) is 0 Å². The first-order chi connectivity index (χ1) is 7.10. The van der Waals surface area contributed by atoms with Crippen LogP contribution in [-0.4, -0.2) is 83.6 Å². The van der Waals surface area contributed by atoms with Gasteiger partial charge in [0.2, 0.25) is 0 Å². The van der Waals surface area contributed by atoms with E-state index in [9.17, 15) is 0 Å². The summed E-state index contributed by atoms with van der Waals surface area (Å²) in [4.78, 5) is 0. The Labute approximate surface area is 89.8 Å². The quantitative estimate of drug-likeness (QED) is 0.155. The lowest BCUT2D eigenvalue weighted by molar-refractivity contribution is -0.959. The van der Waals surface area contributed by atoms with Crippen LogP contribution in [0.15, 0.2) is 0 Å². The van der Waals surface area contributed by atoms with E-state index in [1.807, 2.05) is 0 Å². The monoisotopic (exact) mass is 227 g/mol. The van der Waals surface area contributed by atoms with Crippen molar-refractivity contribution in [1.82, 2.24) is 5.32 Å². The maximum atomic E-state index is 8.44. The van der Waals surface area contributed by atoms with Gasteiger partial charge in [0.05, 0.1) is 20.3 Å². The predicted octanol–water partition coefficient (Wildman–Crippen LogP) is -3.16. The van der Waals surface area contributed by atoms with Crippen molar-refractivity contribution in [2.75, 3.05) is 53.5 Å². The van der Waals surface area contributed by atoms with E-state index < -0.39 is 0 Å². The summed E-state index contributed by atoms with van der Waals surface area (Å²) in [6.45, 7) is 0.689. The van der Waals surface area contributed by atoms with Crippen LogP contribution in [0, 0.1) is 0 Å². The smallest absolute Gasteiger partial charge is 0.183 e. The Morgan fingerprint density at radius 2 is 1.13 bits per heavy atom. The van der Waals surface area contributed by atoms with Gasteiger partial charge in [0.15, 0.2) is 20.2 Å². The van der Waals surface area contributed by atoms with Crippen LogP contribution >= 0.6 is 0 Å². The third-order valence-electron chi connectivity index (χ3n) is 1.60. The molecule has 0 aliphatic rings. The normalized spacial score (nSPS) is 10.8. The molecule has 15 heavy (non-hydrogen) atoms. The van der Waals surface area contributed by atoms with Crippen molar-refractivity contribution in [2.24, 2.45) is 0 Å². The largest absolute Gasteiger partial charge is 0.395 e. The molecule has 0 aromatic heterocycles. The van der Waals surface area contributed by atoms with Crippen LogP contribution in [0.2, 0.25) is 0 Å². The molecule has 0 saturated heterocycles. The van der Waals surface area contributed by atoms with Gasteiger partial charge in [-0.25, -0.2) is 0 Å². The summed E-state index contributed by atoms with van der Waals surface area (Å²) in [5.74, 6) is 0. The Morgan fingerprint density at radius 1 is 0.800 bits per heavy atom. The molecular weight excluding hydrogens is 204 g/mol. The fraction of sp³-hybridized carbons (Fsp3) is 1.00. The van der Waals surface area contributed by atoms with Crippen LogP contribution in [0.25, 0.3) is 0 Å². The predicted molar refractivity (Wildman–Crippen MR) is 54.5 cm³/mol. The third kappa shape index (κ3) is 11.6. The van der Waals surface area contributed by atoms with Crippen LogP contribution in [-0.2, 0) is 0 Å². The Morgan fingerprint density at radius 3 is 1.27 bits per heavy atom. The van der Waals surface area contributed by atoms with E-state index in [1.165, 1.54) is 0 Å². The lowest BCUT2D eigenvalue weighted by atomic mass is 10.6. The van der Waals surface area contributed by atoms with E-state index in [0.717, 1.165) is 0 Å². The van der Waals surface area contributed by atoms with Crippen LogP contribution in [0.5, 0.6) is 0 Å². The van der Waals surface area contributed by atoms with Crippen LogP contribution in [0.1, 0.15) is 0 Å². The van der Waals surface area contributed by atoms with Crippen LogP contribution in [0.4, 0.5) is 0 Å². The second kappa shape index (κ2) is 11.8. The molecule has 0 amide bonds. The molecule has 0 aromatic rings. The van der Waals surface area contributed by atoms with Crippen molar-refractivity contribution in [3.8, 4) is 0 Å². The van der Waals surface area contributed by atoms with E-state index in [-0.39, 0.29) is 37.9 Å². The number of rotatable bonds is 7. The Kier molecular flexibility index (Phi) is 13.5. The molecule has 0 fully saturated rings. The molecule has 0 atom stereocenters. The molecule has 0 aromatic carbocycles. The molecule has 7 nitrogen and oxygen atoms in total. The van der Waals surface area contributed by atoms with Crippen molar-refractivity contribution in [3.63, 3.8) is 0 Å². The molecular formula is C8H23N2O5+. The van der Waals surface area contributed by atoms with Gasteiger partial charge in [-0.2, -0.15) is 0 Å². The number of aliphatic hydroxyl groups excluding tert-OH is 5. The molecule has 0 aliphatic carbocycles. The standard InChI is InChI=1S/C4H12NO3.C4H11NO2/c1-5(2-6,3-7)4-8;6-3-1-5-2-4-7/h6-8H,2-4H2,1H3;5-7H,1-4H2/q+1;. The van der Waals surface area contributed by atoms with Gasteiger partial charge in [-0.3, -0.25) is 4.48 Å². The number of nitrogens with one attached hydrogen (secondary N) is 1. The Bertz CT molecular complexity index is 109. The molecule has 94 valence electrons. The highest BCUT2D eigenvalue weighted by Crippen LogP contribution is 1.93. The Balaban J connectivity index is 0. The second-order valence-corrected chi connectivity index (χ2v) is 3.24. The summed E-state index contributed by atoms with van der Waals surface area (Å²) in [7, 11) is 1.54. The summed E-state index contributed by atoms with van der Waals surface area (Å²) in [6.07, 6.45) is 0. The number of quaternary nitrogens is 1. The topological polar surface area (TPSA) is 113 Å². The zero-order chi connectivity index (χ0) is 12.2. The van der Waals surface area contributed by atoms with Crippen LogP contribution < -0.4 is 5.32 Å². The molecule has 0 aliphatic heterocycles. The van der Waals surface area contributed by atoms with Gasteiger partial charge < -0.3 is 30.8 Å². The third-order valence-corrected chi connectivity index (χ3v) is 1.60. The van der Waals surface area contributed by atoms with Crippen molar-refractivity contribution in [1.29, 1.82) is 0 Å². The summed E-state index contributed by atoms with van der Waals surface area (Å²) >= 11 is 0. The molecule has 0 heterocycles. The summed E-state index contributed by atoms with van der Waals surface area (Å²) < 4.78 is -0.125. The van der Waals surface area contributed by atoms with E-state index in [0.29, 0.717) is 13.1 Å². The minimum Gasteiger partial charge on any atom is -0.395 e. The van der Waals surface area contributed by atoms with Crippen molar-refractivity contribution >= 4 is 0 Å². The lowest BCUT2D eigenvalue weighted by Crippen LogP contribution is -2.46. The van der Waals surface area contributed by atoms with Gasteiger partial charge in [-0.1, -0.05) is 0 Å². The summed E-state index contributed by atoms with van der Waals surface area (Å²) in [5, 5.41) is 44.4. The first kappa shape index (κ1) is 17.1. The van der Waals surface area contributed by atoms with Crippen LogP contribution in [0.3, 0.4) is 0 Å². The molecule has 0 unspecified atom stereocenters. The first-order valence-corrected chi connectivity index (χ1v) is 4.68. The molecule has 0 spiro atoms. The van der Waals surface area contributed by atoms with Gasteiger partial charge in [0, 0.05) is 13.1 Å². The average Bonchev–Trinajstić information content (AvgIpc) is 2.30. The average molecular weight is 227 g/mol. The second-order valence-electron chi connectivity index (χ2n) is 3.24. The number of hydrogen-bond acceptors (Lipinski definition) is 6. The fourth-order valence-corrected chi connectivity index (χ4v) is 0.417. The van der Waals surface area contributed by atoms with E-state index in [1.54, 1.807) is 7.05 Å². The molecule has 0 rings (SSSR count). The summed E-state index contributed by atoms with van der Waals surface area (Å²) in [5.41, 5.74) is 0.